The van der Waals surface area contributed by atoms with Gasteiger partial charge in [0.2, 0.25) is 0 Å². The SMILES string of the molecule is COc1cccnc1C=Cc1nc(C=Cc2ncccc2OC)c(C=Cc2ncccc2OC)nc1C=Cc1ncccc1OC. The molecule has 46 heavy (non-hydrogen) atoms. The van der Waals surface area contributed by atoms with Gasteiger partial charge in [-0.2, -0.15) is 0 Å². The Hall–Kier alpha value is -6.16. The molecule has 0 aliphatic rings. The van der Waals surface area contributed by atoms with Gasteiger partial charge in [0.1, 0.15) is 45.8 Å². The summed E-state index contributed by atoms with van der Waals surface area (Å²) < 4.78 is 22.0. The minimum atomic E-state index is 0.582. The third-order valence-electron chi connectivity index (χ3n) is 6.68. The molecule has 0 N–H and O–H groups in total. The molecule has 230 valence electrons. The van der Waals surface area contributed by atoms with Crippen LogP contribution in [0.3, 0.4) is 0 Å². The van der Waals surface area contributed by atoms with E-state index in [9.17, 15) is 0 Å². The molecule has 0 atom stereocenters. The molecule has 0 radical (unpaired) electrons. The molecule has 0 aliphatic carbocycles. The number of nitrogens with zero attached hydrogens (tertiary/aromatic N) is 6. The topological polar surface area (TPSA) is 114 Å². The largest absolute Gasteiger partial charge is 0.494 e. The van der Waals surface area contributed by atoms with Gasteiger partial charge >= 0.3 is 0 Å². The van der Waals surface area contributed by atoms with E-state index < -0.39 is 0 Å². The summed E-state index contributed by atoms with van der Waals surface area (Å²) in [6.07, 6.45) is 21.6. The molecule has 5 rings (SSSR count). The fraction of sp³-hybridized carbons (Fsp3) is 0.111. The molecule has 10 heteroatoms. The van der Waals surface area contributed by atoms with Gasteiger partial charge in [-0.25, -0.2) is 9.97 Å². The lowest BCUT2D eigenvalue weighted by atomic mass is 10.1. The van der Waals surface area contributed by atoms with Gasteiger partial charge in [0.25, 0.3) is 0 Å². The standard InChI is InChI=1S/C36H32N6O4/c1-43-33-9-5-21-37-29(33)17-13-25-26(14-18-30-34(44-2)10-6-22-38-30)42-28(16-20-32-36(46-4)12-8-24-40-32)27(41-25)15-19-31-35(45-3)11-7-23-39-31/h5-24H,1-4H3. The summed E-state index contributed by atoms with van der Waals surface area (Å²) in [4.78, 5) is 27.9. The predicted molar refractivity (Wildman–Crippen MR) is 181 cm³/mol. The van der Waals surface area contributed by atoms with Crippen LogP contribution in [0.1, 0.15) is 45.6 Å². The Kier molecular flexibility index (Phi) is 10.6. The molecule has 0 saturated heterocycles. The van der Waals surface area contributed by atoms with Crippen LogP contribution in [0, 0.1) is 0 Å². The fourth-order valence-corrected chi connectivity index (χ4v) is 4.41. The number of methoxy groups -OCH3 is 4. The van der Waals surface area contributed by atoms with Gasteiger partial charge in [-0.1, -0.05) is 0 Å². The Morgan fingerprint density at radius 2 is 0.565 bits per heavy atom. The van der Waals surface area contributed by atoms with Crippen LogP contribution < -0.4 is 18.9 Å². The normalized spacial score (nSPS) is 11.6. The van der Waals surface area contributed by atoms with Gasteiger partial charge in [-0.3, -0.25) is 19.9 Å². The first-order valence-electron chi connectivity index (χ1n) is 14.2. The van der Waals surface area contributed by atoms with Crippen molar-refractivity contribution in [3.05, 3.63) is 119 Å². The lowest BCUT2D eigenvalue weighted by Crippen LogP contribution is -2.00. The first kappa shape index (κ1) is 31.3. The quantitative estimate of drug-likeness (QED) is 0.149. The molecule has 0 unspecified atom stereocenters. The van der Waals surface area contributed by atoms with Crippen LogP contribution in [0.4, 0.5) is 0 Å². The van der Waals surface area contributed by atoms with E-state index in [-0.39, 0.29) is 0 Å². The maximum Gasteiger partial charge on any atom is 0.144 e. The van der Waals surface area contributed by atoms with Crippen molar-refractivity contribution in [1.29, 1.82) is 0 Å². The molecule has 0 saturated carbocycles. The lowest BCUT2D eigenvalue weighted by Gasteiger charge is -2.09. The van der Waals surface area contributed by atoms with Crippen LogP contribution >= 0.6 is 0 Å². The third kappa shape index (κ3) is 7.67. The minimum Gasteiger partial charge on any atom is -0.494 e. The Morgan fingerprint density at radius 1 is 0.348 bits per heavy atom. The van der Waals surface area contributed by atoms with E-state index in [0.717, 1.165) is 0 Å². The highest BCUT2D eigenvalue weighted by atomic mass is 16.5. The number of hydrogen-bond acceptors (Lipinski definition) is 10. The number of ether oxygens (including phenoxy) is 4. The predicted octanol–water partition coefficient (Wildman–Crippen LogP) is 6.77. The summed E-state index contributed by atoms with van der Waals surface area (Å²) in [5, 5.41) is 0. The van der Waals surface area contributed by atoms with E-state index in [1.54, 1.807) is 53.2 Å². The van der Waals surface area contributed by atoms with Crippen LogP contribution in [0.25, 0.3) is 48.6 Å². The van der Waals surface area contributed by atoms with Gasteiger partial charge in [-0.05, 0) is 97.1 Å². The van der Waals surface area contributed by atoms with Crippen molar-refractivity contribution in [1.82, 2.24) is 29.9 Å². The van der Waals surface area contributed by atoms with Gasteiger partial charge in [-0.15, -0.1) is 0 Å². The zero-order chi connectivity index (χ0) is 32.1. The smallest absolute Gasteiger partial charge is 0.144 e. The summed E-state index contributed by atoms with van der Waals surface area (Å²) in [6.45, 7) is 0. The summed E-state index contributed by atoms with van der Waals surface area (Å²) in [5.74, 6) is 2.53. The van der Waals surface area contributed by atoms with E-state index >= 15 is 0 Å². The van der Waals surface area contributed by atoms with Gasteiger partial charge in [0.15, 0.2) is 0 Å². The summed E-state index contributed by atoms with van der Waals surface area (Å²) in [5.41, 5.74) is 4.92. The number of rotatable bonds is 12. The molecule has 0 fully saturated rings. The monoisotopic (exact) mass is 612 g/mol. The van der Waals surface area contributed by atoms with Crippen molar-refractivity contribution in [3.63, 3.8) is 0 Å². The van der Waals surface area contributed by atoms with Crippen LogP contribution in [0.5, 0.6) is 23.0 Å². The van der Waals surface area contributed by atoms with E-state index in [1.807, 2.05) is 97.1 Å². The molecule has 5 aromatic rings. The molecule has 0 amide bonds. The summed E-state index contributed by atoms with van der Waals surface area (Å²) in [7, 11) is 6.42. The fourth-order valence-electron chi connectivity index (χ4n) is 4.41. The van der Waals surface area contributed by atoms with Crippen molar-refractivity contribution < 1.29 is 18.9 Å². The van der Waals surface area contributed by atoms with Crippen LogP contribution in [-0.2, 0) is 0 Å². The van der Waals surface area contributed by atoms with E-state index in [4.69, 9.17) is 28.9 Å². The Labute approximate surface area is 267 Å². The zero-order valence-electron chi connectivity index (χ0n) is 25.9. The summed E-state index contributed by atoms with van der Waals surface area (Å²) in [6, 6.07) is 14.7. The van der Waals surface area contributed by atoms with Crippen LogP contribution in [-0.4, -0.2) is 58.3 Å². The van der Waals surface area contributed by atoms with Gasteiger partial charge in [0.05, 0.1) is 51.2 Å². The van der Waals surface area contributed by atoms with Crippen molar-refractivity contribution in [2.75, 3.05) is 28.4 Å². The van der Waals surface area contributed by atoms with Crippen molar-refractivity contribution >= 4 is 48.6 Å². The second-order valence-corrected chi connectivity index (χ2v) is 9.46. The maximum absolute atomic E-state index is 5.50. The van der Waals surface area contributed by atoms with E-state index in [1.165, 1.54) is 0 Å². The molecule has 0 aromatic carbocycles. The molecule has 5 heterocycles. The van der Waals surface area contributed by atoms with Crippen molar-refractivity contribution in [2.24, 2.45) is 0 Å². The zero-order valence-corrected chi connectivity index (χ0v) is 25.9. The number of aromatic nitrogens is 6. The minimum absolute atomic E-state index is 0.582. The third-order valence-corrected chi connectivity index (χ3v) is 6.68. The molecular weight excluding hydrogens is 580 g/mol. The maximum atomic E-state index is 5.50. The first-order valence-corrected chi connectivity index (χ1v) is 14.2. The average molecular weight is 613 g/mol. The Balaban J connectivity index is 1.68. The molecule has 0 spiro atoms. The lowest BCUT2D eigenvalue weighted by molar-refractivity contribution is 0.411. The average Bonchev–Trinajstić information content (AvgIpc) is 3.12. The second kappa shape index (κ2) is 15.5. The molecule has 0 bridgehead atoms. The van der Waals surface area contributed by atoms with Crippen molar-refractivity contribution in [2.45, 2.75) is 0 Å². The van der Waals surface area contributed by atoms with Crippen LogP contribution in [0.15, 0.2) is 73.3 Å². The Morgan fingerprint density at radius 3 is 0.783 bits per heavy atom. The molecule has 10 nitrogen and oxygen atoms in total. The number of hydrogen-bond donors (Lipinski definition) is 0. The highest BCUT2D eigenvalue weighted by Gasteiger charge is 2.11. The molecule has 5 aromatic heterocycles. The second-order valence-electron chi connectivity index (χ2n) is 9.46. The van der Waals surface area contributed by atoms with E-state index in [2.05, 4.69) is 19.9 Å². The molecular formula is C36H32N6O4. The van der Waals surface area contributed by atoms with Gasteiger partial charge < -0.3 is 18.9 Å². The van der Waals surface area contributed by atoms with Crippen molar-refractivity contribution in [3.8, 4) is 23.0 Å². The highest BCUT2D eigenvalue weighted by molar-refractivity contribution is 5.82. The molecule has 0 aliphatic heterocycles. The first-order chi connectivity index (χ1) is 22.6. The van der Waals surface area contributed by atoms with Crippen LogP contribution in [0.2, 0.25) is 0 Å². The summed E-state index contributed by atoms with van der Waals surface area (Å²) >= 11 is 0. The Bertz CT molecular complexity index is 1650. The van der Waals surface area contributed by atoms with Gasteiger partial charge in [0, 0.05) is 24.8 Å². The number of pyridine rings is 4. The highest BCUT2D eigenvalue weighted by Crippen LogP contribution is 2.25. The van der Waals surface area contributed by atoms with E-state index in [0.29, 0.717) is 68.5 Å².